The predicted molar refractivity (Wildman–Crippen MR) is 56.9 cm³/mol. The third-order valence-corrected chi connectivity index (χ3v) is 2.62. The lowest BCUT2D eigenvalue weighted by molar-refractivity contribution is -0.137. The maximum absolute atomic E-state index is 12.5. The molecule has 0 radical (unpaired) electrons. The molecule has 6 heteroatoms. The van der Waals surface area contributed by atoms with Gasteiger partial charge in [0.2, 0.25) is 0 Å². The van der Waals surface area contributed by atoms with Gasteiger partial charge in [0, 0.05) is 25.9 Å². The number of ether oxygens (including phenoxy) is 1. The minimum Gasteiger partial charge on any atom is -0.380 e. The average molecular weight is 246 g/mol. The Morgan fingerprint density at radius 3 is 2.82 bits per heavy atom. The van der Waals surface area contributed by atoms with E-state index in [1.165, 1.54) is 6.20 Å². The van der Waals surface area contributed by atoms with Crippen LogP contribution in [0.3, 0.4) is 0 Å². The molecule has 1 aromatic rings. The molecule has 1 saturated heterocycles. The van der Waals surface area contributed by atoms with Crippen LogP contribution in [0.2, 0.25) is 0 Å². The topological polar surface area (TPSA) is 25.4 Å². The zero-order valence-corrected chi connectivity index (χ0v) is 9.20. The summed E-state index contributed by atoms with van der Waals surface area (Å²) in [6.07, 6.45) is -2.32. The smallest absolute Gasteiger partial charge is 0.380 e. The number of aromatic nitrogens is 1. The Labute approximate surface area is 97.2 Å². The molecule has 0 N–H and O–H groups in total. The van der Waals surface area contributed by atoms with Gasteiger partial charge in [0.05, 0.1) is 12.2 Å². The third kappa shape index (κ3) is 3.09. The highest BCUT2D eigenvalue weighted by atomic mass is 19.4. The van der Waals surface area contributed by atoms with Crippen LogP contribution in [0, 0.1) is 0 Å². The fraction of sp³-hybridized carbons (Fsp3) is 0.545. The molecule has 1 fully saturated rings. The molecule has 1 aliphatic rings. The molecule has 0 atom stereocenters. The summed E-state index contributed by atoms with van der Waals surface area (Å²) < 4.78 is 42.9. The maximum atomic E-state index is 12.5. The number of alkyl halides is 3. The molecule has 94 valence electrons. The van der Waals surface area contributed by atoms with Crippen molar-refractivity contribution in [2.24, 2.45) is 0 Å². The molecule has 1 aliphatic heterocycles. The molecule has 0 spiro atoms. The normalized spacial score (nSPS) is 17.9. The highest BCUT2D eigenvalue weighted by Crippen LogP contribution is 2.30. The summed E-state index contributed by atoms with van der Waals surface area (Å²) in [5.74, 6) is 0.366. The summed E-state index contributed by atoms with van der Waals surface area (Å²) >= 11 is 0. The standard InChI is InChI=1S/C11H13F3N2O/c12-11(13,14)9-2-3-15-10(8-9)16-4-1-6-17-7-5-16/h2-3,8H,1,4-7H2. The van der Waals surface area contributed by atoms with E-state index in [9.17, 15) is 13.2 Å². The molecule has 0 unspecified atom stereocenters. The molecule has 3 nitrogen and oxygen atoms in total. The van der Waals surface area contributed by atoms with Gasteiger partial charge in [-0.05, 0) is 18.6 Å². The van der Waals surface area contributed by atoms with Crippen LogP contribution < -0.4 is 4.90 Å². The highest BCUT2D eigenvalue weighted by Gasteiger charge is 2.31. The number of anilines is 1. The first-order chi connectivity index (χ1) is 8.07. The average Bonchev–Trinajstić information content (AvgIpc) is 2.56. The largest absolute Gasteiger partial charge is 0.416 e. The number of pyridine rings is 1. The summed E-state index contributed by atoms with van der Waals surface area (Å²) in [4.78, 5) is 5.81. The molecule has 0 aromatic carbocycles. The van der Waals surface area contributed by atoms with Gasteiger partial charge < -0.3 is 9.64 Å². The number of hydrogen-bond donors (Lipinski definition) is 0. The molecule has 1 aromatic heterocycles. The van der Waals surface area contributed by atoms with Crippen LogP contribution in [-0.2, 0) is 10.9 Å². The fourth-order valence-electron chi connectivity index (χ4n) is 1.74. The molecule has 0 amide bonds. The summed E-state index contributed by atoms with van der Waals surface area (Å²) in [5, 5.41) is 0. The van der Waals surface area contributed by atoms with Crippen molar-refractivity contribution >= 4 is 5.82 Å². The molecule has 2 rings (SSSR count). The number of rotatable bonds is 1. The van der Waals surface area contributed by atoms with Crippen molar-refractivity contribution < 1.29 is 17.9 Å². The Morgan fingerprint density at radius 2 is 2.06 bits per heavy atom. The Balaban J connectivity index is 2.20. The molecule has 0 aliphatic carbocycles. The second-order valence-electron chi connectivity index (χ2n) is 3.85. The van der Waals surface area contributed by atoms with Crippen LogP contribution in [0.4, 0.5) is 19.0 Å². The van der Waals surface area contributed by atoms with Gasteiger partial charge in [0.1, 0.15) is 5.82 Å². The summed E-state index contributed by atoms with van der Waals surface area (Å²) in [6.45, 7) is 2.43. The van der Waals surface area contributed by atoms with Crippen molar-refractivity contribution in [1.82, 2.24) is 4.98 Å². The number of nitrogens with zero attached hydrogens (tertiary/aromatic N) is 2. The highest BCUT2D eigenvalue weighted by molar-refractivity contribution is 5.41. The first-order valence-corrected chi connectivity index (χ1v) is 5.43. The van der Waals surface area contributed by atoms with Crippen LogP contribution in [0.15, 0.2) is 18.3 Å². The third-order valence-electron chi connectivity index (χ3n) is 2.62. The molecule has 2 heterocycles. The van der Waals surface area contributed by atoms with Crippen LogP contribution in [0.5, 0.6) is 0 Å². The zero-order valence-electron chi connectivity index (χ0n) is 9.20. The quantitative estimate of drug-likeness (QED) is 0.760. The van der Waals surface area contributed by atoms with E-state index in [1.54, 1.807) is 0 Å². The lowest BCUT2D eigenvalue weighted by Crippen LogP contribution is -2.27. The van der Waals surface area contributed by atoms with E-state index in [0.717, 1.165) is 18.6 Å². The Hall–Kier alpha value is -1.30. The minimum absolute atomic E-state index is 0.366. The van der Waals surface area contributed by atoms with Crippen molar-refractivity contribution in [2.75, 3.05) is 31.2 Å². The van der Waals surface area contributed by atoms with Gasteiger partial charge in [0.15, 0.2) is 0 Å². The van der Waals surface area contributed by atoms with Gasteiger partial charge in [0.25, 0.3) is 0 Å². The van der Waals surface area contributed by atoms with E-state index in [1.807, 2.05) is 4.90 Å². The Morgan fingerprint density at radius 1 is 1.24 bits per heavy atom. The van der Waals surface area contributed by atoms with E-state index in [4.69, 9.17) is 4.74 Å². The predicted octanol–water partition coefficient (Wildman–Crippen LogP) is 2.33. The molecule has 0 bridgehead atoms. The molecular weight excluding hydrogens is 233 g/mol. The van der Waals surface area contributed by atoms with Crippen molar-refractivity contribution in [3.05, 3.63) is 23.9 Å². The minimum atomic E-state index is -4.32. The van der Waals surface area contributed by atoms with Crippen LogP contribution >= 0.6 is 0 Å². The lowest BCUT2D eigenvalue weighted by atomic mass is 10.2. The SMILES string of the molecule is FC(F)(F)c1ccnc(N2CCCOCC2)c1. The second-order valence-corrected chi connectivity index (χ2v) is 3.85. The number of hydrogen-bond acceptors (Lipinski definition) is 3. The van der Waals surface area contributed by atoms with Gasteiger partial charge in [-0.15, -0.1) is 0 Å². The van der Waals surface area contributed by atoms with Gasteiger partial charge in [-0.3, -0.25) is 0 Å². The maximum Gasteiger partial charge on any atom is 0.416 e. The fourth-order valence-corrected chi connectivity index (χ4v) is 1.74. The van der Waals surface area contributed by atoms with Gasteiger partial charge in [-0.2, -0.15) is 13.2 Å². The van der Waals surface area contributed by atoms with E-state index in [2.05, 4.69) is 4.98 Å². The second kappa shape index (κ2) is 4.91. The van der Waals surface area contributed by atoms with E-state index in [-0.39, 0.29) is 0 Å². The van der Waals surface area contributed by atoms with E-state index in [0.29, 0.717) is 32.1 Å². The first kappa shape index (κ1) is 12.2. The van der Waals surface area contributed by atoms with Crippen molar-refractivity contribution in [3.63, 3.8) is 0 Å². The van der Waals surface area contributed by atoms with Crippen LogP contribution in [-0.4, -0.2) is 31.3 Å². The summed E-state index contributed by atoms with van der Waals surface area (Å²) in [5.41, 5.74) is -0.660. The summed E-state index contributed by atoms with van der Waals surface area (Å²) in [7, 11) is 0. The van der Waals surface area contributed by atoms with Crippen molar-refractivity contribution in [1.29, 1.82) is 0 Å². The molecule has 17 heavy (non-hydrogen) atoms. The Bertz CT molecular complexity index is 373. The van der Waals surface area contributed by atoms with E-state index < -0.39 is 11.7 Å². The zero-order chi connectivity index (χ0) is 12.3. The van der Waals surface area contributed by atoms with E-state index >= 15 is 0 Å². The van der Waals surface area contributed by atoms with Gasteiger partial charge in [-0.1, -0.05) is 0 Å². The molecular formula is C11H13F3N2O. The Kier molecular flexibility index (Phi) is 3.51. The first-order valence-electron chi connectivity index (χ1n) is 5.43. The van der Waals surface area contributed by atoms with Gasteiger partial charge >= 0.3 is 6.18 Å². The lowest BCUT2D eigenvalue weighted by Gasteiger charge is -2.21. The van der Waals surface area contributed by atoms with Gasteiger partial charge in [-0.25, -0.2) is 4.98 Å². The molecule has 0 saturated carbocycles. The van der Waals surface area contributed by atoms with Crippen LogP contribution in [0.25, 0.3) is 0 Å². The van der Waals surface area contributed by atoms with Crippen molar-refractivity contribution in [2.45, 2.75) is 12.6 Å². The summed E-state index contributed by atoms with van der Waals surface area (Å²) in [6, 6.07) is 2.07. The monoisotopic (exact) mass is 246 g/mol. The van der Waals surface area contributed by atoms with Crippen LogP contribution in [0.1, 0.15) is 12.0 Å². The van der Waals surface area contributed by atoms with Crippen molar-refractivity contribution in [3.8, 4) is 0 Å². The number of halogens is 3.